The lowest BCUT2D eigenvalue weighted by Crippen LogP contribution is -2.48. The van der Waals surface area contributed by atoms with E-state index >= 15 is 8.78 Å². The van der Waals surface area contributed by atoms with Crippen molar-refractivity contribution in [2.75, 3.05) is 18.0 Å². The van der Waals surface area contributed by atoms with Gasteiger partial charge in [0.1, 0.15) is 28.7 Å². The zero-order valence-corrected chi connectivity index (χ0v) is 22.2. The average molecular weight is 583 g/mol. The van der Waals surface area contributed by atoms with E-state index in [9.17, 15) is 14.3 Å². The molecule has 8 rings (SSSR count). The summed E-state index contributed by atoms with van der Waals surface area (Å²) in [5.74, 6) is -2.05. The van der Waals surface area contributed by atoms with E-state index in [0.29, 0.717) is 52.1 Å². The Bertz CT molecular complexity index is 2060. The molecule has 1 amide bonds. The Kier molecular flexibility index (Phi) is 5.45. The number of H-pyrrole nitrogens is 1. The molecule has 214 valence electrons. The van der Waals surface area contributed by atoms with E-state index in [0.717, 1.165) is 0 Å². The third-order valence-electron chi connectivity index (χ3n) is 8.41. The molecule has 4 aromatic heterocycles. The first-order valence-electron chi connectivity index (χ1n) is 13.5. The van der Waals surface area contributed by atoms with E-state index in [2.05, 4.69) is 20.2 Å². The molecule has 2 bridgehead atoms. The van der Waals surface area contributed by atoms with Crippen molar-refractivity contribution >= 4 is 28.3 Å². The van der Waals surface area contributed by atoms with E-state index in [1.807, 2.05) is 4.90 Å². The van der Waals surface area contributed by atoms with Gasteiger partial charge in [0.2, 0.25) is 0 Å². The largest absolute Gasteiger partial charge is 0.465 e. The van der Waals surface area contributed by atoms with Gasteiger partial charge in [0, 0.05) is 54.4 Å². The first-order chi connectivity index (χ1) is 20.9. The van der Waals surface area contributed by atoms with Gasteiger partial charge in [-0.2, -0.15) is 10.2 Å². The highest BCUT2D eigenvalue weighted by Gasteiger charge is 2.45. The Hall–Kier alpha value is -5.46. The Morgan fingerprint density at radius 2 is 1.72 bits per heavy atom. The number of amides is 1. The monoisotopic (exact) mass is 582 g/mol. The Labute approximate surface area is 241 Å². The maximum Gasteiger partial charge on any atom is 0.407 e. The van der Waals surface area contributed by atoms with Crippen molar-refractivity contribution in [3.05, 3.63) is 84.7 Å². The third kappa shape index (κ3) is 3.77. The number of carboxylic acid groups (broad SMARTS) is 1. The van der Waals surface area contributed by atoms with Crippen LogP contribution in [0.15, 0.2) is 67.3 Å². The summed E-state index contributed by atoms with van der Waals surface area (Å²) in [7, 11) is 0. The summed E-state index contributed by atoms with van der Waals surface area (Å²) in [6, 6.07) is 10.1. The molecule has 2 aliphatic heterocycles. The Balaban J connectivity index is 1.29. The van der Waals surface area contributed by atoms with E-state index in [1.54, 1.807) is 30.6 Å². The van der Waals surface area contributed by atoms with Crippen molar-refractivity contribution in [1.29, 1.82) is 0 Å². The van der Waals surface area contributed by atoms with Gasteiger partial charge in [-0.05, 0) is 48.4 Å². The minimum atomic E-state index is -0.986. The maximum absolute atomic E-state index is 15.9. The van der Waals surface area contributed by atoms with Gasteiger partial charge in [0.15, 0.2) is 5.65 Å². The summed E-state index contributed by atoms with van der Waals surface area (Å²) in [5, 5.41) is 21.4. The summed E-state index contributed by atoms with van der Waals surface area (Å²) in [4.78, 5) is 23.3. The summed E-state index contributed by atoms with van der Waals surface area (Å²) in [6.45, 7) is 0.657. The van der Waals surface area contributed by atoms with Crippen LogP contribution in [0.5, 0.6) is 0 Å². The van der Waals surface area contributed by atoms with Crippen molar-refractivity contribution in [2.24, 2.45) is 0 Å². The number of fused-ring (bicyclic) bond motifs is 4. The molecular weight excluding hydrogens is 561 g/mol. The first kappa shape index (κ1) is 25.3. The molecule has 6 heterocycles. The predicted molar refractivity (Wildman–Crippen MR) is 151 cm³/mol. The van der Waals surface area contributed by atoms with Crippen LogP contribution in [0.2, 0.25) is 0 Å². The molecule has 2 fully saturated rings. The fourth-order valence-electron chi connectivity index (χ4n) is 6.50. The molecule has 0 radical (unpaired) electrons. The SMILES string of the molecule is O=C(O)N1CC2CC1CN2c1cc(F)c(-c2ccnc3c(-c4ccc(F)c5[nH]ncc45)c(-c4ccncc4)nn23)c(F)c1. The van der Waals surface area contributed by atoms with Gasteiger partial charge >= 0.3 is 6.09 Å². The first-order valence-corrected chi connectivity index (χ1v) is 13.5. The van der Waals surface area contributed by atoms with Gasteiger partial charge in [0.05, 0.1) is 29.1 Å². The fraction of sp³-hybridized carbons (Fsp3) is 0.167. The zero-order chi connectivity index (χ0) is 29.4. The van der Waals surface area contributed by atoms with Gasteiger partial charge in [-0.25, -0.2) is 27.5 Å². The van der Waals surface area contributed by atoms with E-state index in [4.69, 9.17) is 5.10 Å². The number of halogens is 3. The summed E-state index contributed by atoms with van der Waals surface area (Å²) in [6.07, 6.45) is 5.80. The quantitative estimate of drug-likeness (QED) is 0.288. The van der Waals surface area contributed by atoms with Crippen LogP contribution in [-0.4, -0.2) is 71.1 Å². The predicted octanol–water partition coefficient (Wildman–Crippen LogP) is 5.36. The molecule has 0 aliphatic carbocycles. The van der Waals surface area contributed by atoms with Crippen LogP contribution in [0.25, 0.3) is 50.2 Å². The molecule has 6 aromatic rings. The zero-order valence-electron chi connectivity index (χ0n) is 22.2. The summed E-state index contributed by atoms with van der Waals surface area (Å²) in [5.41, 5.74) is 3.00. The molecule has 13 heteroatoms. The molecular formula is C30H21F3N8O2. The second kappa shape index (κ2) is 9.28. The molecule has 2 aliphatic rings. The van der Waals surface area contributed by atoms with Crippen molar-refractivity contribution < 1.29 is 23.1 Å². The third-order valence-corrected chi connectivity index (χ3v) is 8.41. The highest BCUT2D eigenvalue weighted by atomic mass is 19.1. The number of nitrogens with zero attached hydrogens (tertiary/aromatic N) is 7. The second-order valence-corrected chi connectivity index (χ2v) is 10.7. The number of likely N-dealkylation sites (tertiary alicyclic amines) is 1. The number of nitrogens with one attached hydrogen (secondary N) is 1. The van der Waals surface area contributed by atoms with Crippen LogP contribution >= 0.6 is 0 Å². The number of benzene rings is 2. The summed E-state index contributed by atoms with van der Waals surface area (Å²) >= 11 is 0. The normalized spacial score (nSPS) is 17.9. The number of rotatable bonds is 4. The van der Waals surface area contributed by atoms with Gasteiger partial charge < -0.3 is 14.9 Å². The van der Waals surface area contributed by atoms with Crippen LogP contribution in [0.1, 0.15) is 6.42 Å². The molecule has 2 unspecified atom stereocenters. The van der Waals surface area contributed by atoms with Gasteiger partial charge in [-0.15, -0.1) is 0 Å². The number of carbonyl (C=O) groups is 1. The number of aromatic nitrogens is 6. The summed E-state index contributed by atoms with van der Waals surface area (Å²) < 4.78 is 47.8. The van der Waals surface area contributed by atoms with E-state index < -0.39 is 23.5 Å². The second-order valence-electron chi connectivity index (χ2n) is 10.7. The topological polar surface area (TPSA) is 116 Å². The lowest BCUT2D eigenvalue weighted by molar-refractivity contribution is 0.137. The molecule has 10 nitrogen and oxygen atoms in total. The molecule has 0 spiro atoms. The Morgan fingerprint density at radius 3 is 2.44 bits per heavy atom. The smallest absolute Gasteiger partial charge is 0.407 e. The van der Waals surface area contributed by atoms with Crippen molar-refractivity contribution in [3.8, 4) is 33.6 Å². The average Bonchev–Trinajstić information content (AvgIpc) is 3.81. The highest BCUT2D eigenvalue weighted by Crippen LogP contribution is 2.41. The lowest BCUT2D eigenvalue weighted by atomic mass is 9.98. The van der Waals surface area contributed by atoms with Crippen LogP contribution in [0.3, 0.4) is 0 Å². The Morgan fingerprint density at radius 1 is 0.930 bits per heavy atom. The molecule has 0 saturated carbocycles. The van der Waals surface area contributed by atoms with Crippen molar-refractivity contribution in [1.82, 2.24) is 34.7 Å². The number of piperazine rings is 1. The van der Waals surface area contributed by atoms with Crippen LogP contribution in [0.4, 0.5) is 23.7 Å². The van der Waals surface area contributed by atoms with Gasteiger partial charge in [-0.1, -0.05) is 6.07 Å². The fourth-order valence-corrected chi connectivity index (χ4v) is 6.50. The minimum absolute atomic E-state index is 0.138. The number of anilines is 1. The maximum atomic E-state index is 15.9. The van der Waals surface area contributed by atoms with Crippen LogP contribution < -0.4 is 4.90 Å². The molecule has 43 heavy (non-hydrogen) atoms. The number of pyridine rings is 1. The lowest BCUT2D eigenvalue weighted by Gasteiger charge is -2.34. The number of hydrogen-bond donors (Lipinski definition) is 2. The molecule has 2 saturated heterocycles. The van der Waals surface area contributed by atoms with Crippen LogP contribution in [-0.2, 0) is 0 Å². The van der Waals surface area contributed by atoms with Crippen molar-refractivity contribution in [2.45, 2.75) is 18.5 Å². The number of hydrogen-bond acceptors (Lipinski definition) is 6. The molecule has 2 N–H and O–H groups in total. The molecule has 2 aromatic carbocycles. The van der Waals surface area contributed by atoms with E-state index in [-0.39, 0.29) is 35.4 Å². The minimum Gasteiger partial charge on any atom is -0.465 e. The van der Waals surface area contributed by atoms with Gasteiger partial charge in [-0.3, -0.25) is 10.1 Å². The van der Waals surface area contributed by atoms with Crippen LogP contribution in [0, 0.1) is 17.5 Å². The van der Waals surface area contributed by atoms with Crippen molar-refractivity contribution in [3.63, 3.8) is 0 Å². The highest BCUT2D eigenvalue weighted by molar-refractivity contribution is 6.03. The number of aromatic amines is 1. The standard InChI is InChI=1S/C30H21F3N8O2/c31-21-2-1-19(20-12-36-37-28(20)21)25-27(15-3-6-34-7-4-15)38-41-24(5-8-35-29(25)41)26-22(32)10-16(11-23(26)33)39-13-18-9-17(39)14-40(18)30(42)43/h1-8,10-12,17-18H,9,13-14H2,(H,36,37)(H,42,43). The molecule has 2 atom stereocenters. The van der Waals surface area contributed by atoms with E-state index in [1.165, 1.54) is 46.1 Å². The van der Waals surface area contributed by atoms with Gasteiger partial charge in [0.25, 0.3) is 0 Å².